The molecule has 0 unspecified atom stereocenters. The maximum atomic E-state index is 13.2. The quantitative estimate of drug-likeness (QED) is 0.289. The van der Waals surface area contributed by atoms with Gasteiger partial charge in [0, 0.05) is 25.2 Å². The number of para-hydroxylation sites is 3. The van der Waals surface area contributed by atoms with E-state index in [1.165, 1.54) is 0 Å². The number of amides is 1. The van der Waals surface area contributed by atoms with Gasteiger partial charge in [0.15, 0.2) is 0 Å². The molecule has 1 amide bonds. The molecule has 198 valence electrons. The molecule has 6 rings (SSSR count). The Hall–Kier alpha value is -4.59. The lowest BCUT2D eigenvalue weighted by Crippen LogP contribution is -2.39. The zero-order chi connectivity index (χ0) is 26.6. The predicted octanol–water partition coefficient (Wildman–Crippen LogP) is 5.57. The normalized spacial score (nSPS) is 14.0. The molecule has 1 aliphatic rings. The minimum atomic E-state index is -0.0138. The summed E-state index contributed by atoms with van der Waals surface area (Å²) < 4.78 is 13.6. The average molecular weight is 522 g/mol. The summed E-state index contributed by atoms with van der Waals surface area (Å²) in [4.78, 5) is 20.0. The van der Waals surface area contributed by atoms with Crippen LogP contribution < -0.4 is 9.47 Å². The largest absolute Gasteiger partial charge is 0.497 e. The number of benzene rings is 3. The van der Waals surface area contributed by atoms with Crippen molar-refractivity contribution in [1.82, 2.24) is 24.6 Å². The summed E-state index contributed by atoms with van der Waals surface area (Å²) >= 11 is 0. The number of nitrogens with zero attached hydrogens (tertiary/aromatic N) is 4. The SMILES string of the molecule is COc1cccc(-c2cc(C(=O)N3CCC(Cn4c(COc5ccccc5)nc5ccccc54)CC3)[nH]n2)c1. The van der Waals surface area contributed by atoms with Gasteiger partial charge in [0.25, 0.3) is 5.91 Å². The van der Waals surface area contributed by atoms with Crippen molar-refractivity contribution in [3.05, 3.63) is 96.4 Å². The third kappa shape index (κ3) is 5.36. The first kappa shape index (κ1) is 24.7. The van der Waals surface area contributed by atoms with Gasteiger partial charge in [-0.3, -0.25) is 9.89 Å². The maximum absolute atomic E-state index is 13.2. The first-order chi connectivity index (χ1) is 19.2. The van der Waals surface area contributed by atoms with Crippen LogP contribution in [0.5, 0.6) is 11.5 Å². The highest BCUT2D eigenvalue weighted by Crippen LogP contribution is 2.27. The second-order valence-corrected chi connectivity index (χ2v) is 9.86. The molecule has 0 bridgehead atoms. The van der Waals surface area contributed by atoms with E-state index in [1.54, 1.807) is 7.11 Å². The molecular weight excluding hydrogens is 490 g/mol. The second kappa shape index (κ2) is 11.0. The van der Waals surface area contributed by atoms with Gasteiger partial charge in [-0.05, 0) is 61.2 Å². The molecule has 1 N–H and O–H groups in total. The number of aromatic nitrogens is 4. The van der Waals surface area contributed by atoms with Crippen LogP contribution in [0.2, 0.25) is 0 Å². The molecule has 0 atom stereocenters. The van der Waals surface area contributed by atoms with Crippen molar-refractivity contribution in [2.24, 2.45) is 5.92 Å². The van der Waals surface area contributed by atoms with Crippen LogP contribution >= 0.6 is 0 Å². The molecule has 0 radical (unpaired) electrons. The van der Waals surface area contributed by atoms with E-state index < -0.39 is 0 Å². The molecule has 0 aliphatic carbocycles. The summed E-state index contributed by atoms with van der Waals surface area (Å²) in [5.74, 6) is 2.93. The third-order valence-corrected chi connectivity index (χ3v) is 7.36. The van der Waals surface area contributed by atoms with Crippen LogP contribution in [0.25, 0.3) is 22.3 Å². The van der Waals surface area contributed by atoms with Crippen LogP contribution in [-0.2, 0) is 13.2 Å². The molecule has 1 aliphatic heterocycles. The summed E-state index contributed by atoms with van der Waals surface area (Å²) in [6.07, 6.45) is 1.85. The zero-order valence-corrected chi connectivity index (χ0v) is 21.9. The third-order valence-electron chi connectivity index (χ3n) is 7.36. The van der Waals surface area contributed by atoms with Crippen molar-refractivity contribution in [3.8, 4) is 22.8 Å². The molecule has 0 spiro atoms. The van der Waals surface area contributed by atoms with Crippen LogP contribution in [0.3, 0.4) is 0 Å². The van der Waals surface area contributed by atoms with Gasteiger partial charge < -0.3 is 18.9 Å². The molecule has 3 aromatic carbocycles. The molecule has 39 heavy (non-hydrogen) atoms. The predicted molar refractivity (Wildman–Crippen MR) is 150 cm³/mol. The lowest BCUT2D eigenvalue weighted by Gasteiger charge is -2.32. The van der Waals surface area contributed by atoms with E-state index in [9.17, 15) is 4.79 Å². The first-order valence-corrected chi connectivity index (χ1v) is 13.3. The second-order valence-electron chi connectivity index (χ2n) is 9.86. The Labute approximate surface area is 227 Å². The number of likely N-dealkylation sites (tertiary alicyclic amines) is 1. The van der Waals surface area contributed by atoms with Crippen molar-refractivity contribution in [2.75, 3.05) is 20.2 Å². The van der Waals surface area contributed by atoms with Crippen molar-refractivity contribution in [1.29, 1.82) is 0 Å². The lowest BCUT2D eigenvalue weighted by molar-refractivity contribution is 0.0676. The van der Waals surface area contributed by atoms with Crippen molar-refractivity contribution in [3.63, 3.8) is 0 Å². The summed E-state index contributed by atoms with van der Waals surface area (Å²) in [7, 11) is 1.64. The lowest BCUT2D eigenvalue weighted by atomic mass is 9.96. The van der Waals surface area contributed by atoms with E-state index in [0.717, 1.165) is 59.0 Å². The molecule has 8 heteroatoms. The number of carbonyl (C=O) groups is 1. The van der Waals surface area contributed by atoms with E-state index in [-0.39, 0.29) is 5.91 Å². The minimum absolute atomic E-state index is 0.0138. The number of imidazole rings is 1. The molecule has 1 saturated heterocycles. The fraction of sp³-hybridized carbons (Fsp3) is 0.258. The smallest absolute Gasteiger partial charge is 0.271 e. The standard InChI is InChI=1S/C31H31N5O3/c1-38-25-11-7-8-23(18-25)27-19-28(34-33-27)31(37)35-16-14-22(15-17-35)20-36-29-13-6-5-12-26(29)32-30(36)21-39-24-9-3-2-4-10-24/h2-13,18-19,22H,14-17,20-21H2,1H3,(H,33,34). The van der Waals surface area contributed by atoms with Gasteiger partial charge >= 0.3 is 0 Å². The van der Waals surface area contributed by atoms with Crippen LogP contribution in [0, 0.1) is 5.92 Å². The van der Waals surface area contributed by atoms with Gasteiger partial charge in [0.1, 0.15) is 29.6 Å². The van der Waals surface area contributed by atoms with Crippen molar-refractivity contribution >= 4 is 16.9 Å². The Morgan fingerprint density at radius 1 is 0.949 bits per heavy atom. The van der Waals surface area contributed by atoms with Crippen LogP contribution in [0.4, 0.5) is 0 Å². The number of methoxy groups -OCH3 is 1. The summed E-state index contributed by atoms with van der Waals surface area (Å²) in [6.45, 7) is 2.67. The highest BCUT2D eigenvalue weighted by atomic mass is 16.5. The van der Waals surface area contributed by atoms with Gasteiger partial charge in [0.05, 0.1) is 23.8 Å². The molecular formula is C31H31N5O3. The van der Waals surface area contributed by atoms with Crippen LogP contribution in [0.15, 0.2) is 84.9 Å². The van der Waals surface area contributed by atoms with E-state index in [2.05, 4.69) is 20.8 Å². The molecule has 2 aromatic heterocycles. The number of fused-ring (bicyclic) bond motifs is 1. The van der Waals surface area contributed by atoms with E-state index in [1.807, 2.05) is 83.8 Å². The monoisotopic (exact) mass is 521 g/mol. The number of aromatic amines is 1. The van der Waals surface area contributed by atoms with E-state index in [0.29, 0.717) is 31.3 Å². The number of ether oxygens (including phenoxy) is 2. The number of hydrogen-bond donors (Lipinski definition) is 1. The Kier molecular flexibility index (Phi) is 6.99. The summed E-state index contributed by atoms with van der Waals surface area (Å²) in [5, 5.41) is 7.30. The maximum Gasteiger partial charge on any atom is 0.271 e. The fourth-order valence-corrected chi connectivity index (χ4v) is 5.21. The van der Waals surface area contributed by atoms with Gasteiger partial charge in [-0.15, -0.1) is 0 Å². The van der Waals surface area contributed by atoms with Gasteiger partial charge in [0.2, 0.25) is 0 Å². The molecule has 8 nitrogen and oxygen atoms in total. The number of H-pyrrole nitrogens is 1. The van der Waals surface area contributed by atoms with Crippen LogP contribution in [0.1, 0.15) is 29.2 Å². The highest BCUT2D eigenvalue weighted by molar-refractivity contribution is 5.93. The average Bonchev–Trinajstić information content (AvgIpc) is 3.62. The number of carbonyl (C=O) groups excluding carboxylic acids is 1. The Balaban J connectivity index is 1.11. The number of rotatable bonds is 8. The number of nitrogens with one attached hydrogen (secondary N) is 1. The minimum Gasteiger partial charge on any atom is -0.497 e. The van der Waals surface area contributed by atoms with Crippen LogP contribution in [-0.4, -0.2) is 50.8 Å². The van der Waals surface area contributed by atoms with E-state index >= 15 is 0 Å². The van der Waals surface area contributed by atoms with Gasteiger partial charge in [-0.2, -0.15) is 5.10 Å². The fourth-order valence-electron chi connectivity index (χ4n) is 5.21. The van der Waals surface area contributed by atoms with E-state index in [4.69, 9.17) is 14.5 Å². The number of hydrogen-bond acceptors (Lipinski definition) is 5. The Morgan fingerprint density at radius 3 is 2.54 bits per heavy atom. The Bertz CT molecular complexity index is 1570. The summed E-state index contributed by atoms with van der Waals surface area (Å²) in [5.41, 5.74) is 4.23. The number of piperidine rings is 1. The Morgan fingerprint density at radius 2 is 1.72 bits per heavy atom. The zero-order valence-electron chi connectivity index (χ0n) is 21.9. The molecule has 3 heterocycles. The highest BCUT2D eigenvalue weighted by Gasteiger charge is 2.26. The molecule has 0 saturated carbocycles. The van der Waals surface area contributed by atoms with Gasteiger partial charge in [-0.25, -0.2) is 4.98 Å². The molecule has 5 aromatic rings. The first-order valence-electron chi connectivity index (χ1n) is 13.3. The summed E-state index contributed by atoms with van der Waals surface area (Å²) in [6, 6.07) is 27.5. The van der Waals surface area contributed by atoms with Crippen molar-refractivity contribution < 1.29 is 14.3 Å². The van der Waals surface area contributed by atoms with Gasteiger partial charge in [-0.1, -0.05) is 42.5 Å². The topological polar surface area (TPSA) is 85.3 Å². The molecule has 1 fully saturated rings. The van der Waals surface area contributed by atoms with Crippen molar-refractivity contribution in [2.45, 2.75) is 26.0 Å².